The van der Waals surface area contributed by atoms with E-state index in [9.17, 15) is 13.2 Å². The van der Waals surface area contributed by atoms with Crippen LogP contribution in [0.2, 0.25) is 0 Å². The second-order valence-corrected chi connectivity index (χ2v) is 5.02. The molecule has 3 rings (SSSR count). The Morgan fingerprint density at radius 2 is 1.62 bits per heavy atom. The lowest BCUT2D eigenvalue weighted by Gasteiger charge is -2.40. The van der Waals surface area contributed by atoms with Crippen molar-refractivity contribution < 1.29 is 13.2 Å². The van der Waals surface area contributed by atoms with E-state index in [1.54, 1.807) is 61.5 Å². The molecule has 110 valence electrons. The Bertz CT molecular complexity index is 639. The third-order valence-corrected chi connectivity index (χ3v) is 3.86. The molecular weight excluding hydrogens is 277 g/mol. The van der Waals surface area contributed by atoms with Gasteiger partial charge in [0, 0.05) is 5.69 Å². The van der Waals surface area contributed by atoms with E-state index in [0.29, 0.717) is 17.1 Å². The van der Waals surface area contributed by atoms with Gasteiger partial charge in [-0.2, -0.15) is 13.2 Å². The standard InChI is InChI=1S/C16H15F3N2/c1-2-15(16(17,18)19)20-13-10-6-7-11-14(13)21(15)12-8-4-3-5-9-12/h3-11,20H,2H2,1H3. The number of hydrogen-bond acceptors (Lipinski definition) is 2. The summed E-state index contributed by atoms with van der Waals surface area (Å²) in [6.45, 7) is 1.54. The van der Waals surface area contributed by atoms with E-state index < -0.39 is 11.8 Å². The fourth-order valence-corrected chi connectivity index (χ4v) is 2.84. The fourth-order valence-electron chi connectivity index (χ4n) is 2.84. The van der Waals surface area contributed by atoms with Crippen molar-refractivity contribution in [2.75, 3.05) is 10.2 Å². The zero-order valence-corrected chi connectivity index (χ0v) is 11.5. The molecule has 0 amide bonds. The van der Waals surface area contributed by atoms with Gasteiger partial charge in [0.05, 0.1) is 11.4 Å². The molecule has 1 aliphatic rings. The lowest BCUT2D eigenvalue weighted by Crippen LogP contribution is -2.59. The van der Waals surface area contributed by atoms with Crippen molar-refractivity contribution in [1.29, 1.82) is 0 Å². The van der Waals surface area contributed by atoms with Crippen LogP contribution in [-0.4, -0.2) is 11.8 Å². The van der Waals surface area contributed by atoms with Crippen LogP contribution < -0.4 is 10.2 Å². The van der Waals surface area contributed by atoms with Crippen LogP contribution in [0.15, 0.2) is 54.6 Å². The molecular formula is C16H15F3N2. The van der Waals surface area contributed by atoms with Crippen LogP contribution in [0.25, 0.3) is 0 Å². The monoisotopic (exact) mass is 292 g/mol. The number of para-hydroxylation sites is 3. The first-order chi connectivity index (χ1) is 9.99. The normalized spacial score (nSPS) is 21.0. The number of nitrogens with zero attached hydrogens (tertiary/aromatic N) is 1. The van der Waals surface area contributed by atoms with Crippen LogP contribution in [0.5, 0.6) is 0 Å². The molecule has 1 heterocycles. The molecule has 0 saturated heterocycles. The largest absolute Gasteiger partial charge is 0.430 e. The van der Waals surface area contributed by atoms with Crippen LogP contribution in [-0.2, 0) is 0 Å². The Labute approximate surface area is 121 Å². The van der Waals surface area contributed by atoms with Gasteiger partial charge in [-0.25, -0.2) is 0 Å². The summed E-state index contributed by atoms with van der Waals surface area (Å²) >= 11 is 0. The summed E-state index contributed by atoms with van der Waals surface area (Å²) in [6, 6.07) is 15.5. The Balaban J connectivity index is 2.23. The highest BCUT2D eigenvalue weighted by Crippen LogP contribution is 2.52. The first-order valence-electron chi connectivity index (χ1n) is 6.79. The first kappa shape index (κ1) is 13.8. The maximum atomic E-state index is 13.8. The Morgan fingerprint density at radius 3 is 2.24 bits per heavy atom. The molecule has 5 heteroatoms. The highest BCUT2D eigenvalue weighted by atomic mass is 19.4. The van der Waals surface area contributed by atoms with Gasteiger partial charge in [0.15, 0.2) is 0 Å². The van der Waals surface area contributed by atoms with Crippen LogP contribution in [0, 0.1) is 0 Å². The van der Waals surface area contributed by atoms with E-state index in [1.807, 2.05) is 0 Å². The maximum absolute atomic E-state index is 13.8. The van der Waals surface area contributed by atoms with Gasteiger partial charge in [-0.3, -0.25) is 0 Å². The van der Waals surface area contributed by atoms with E-state index in [0.717, 1.165) is 0 Å². The van der Waals surface area contributed by atoms with Crippen molar-refractivity contribution in [2.45, 2.75) is 25.2 Å². The van der Waals surface area contributed by atoms with E-state index in [4.69, 9.17) is 0 Å². The summed E-state index contributed by atoms with van der Waals surface area (Å²) in [4.78, 5) is 1.35. The van der Waals surface area contributed by atoms with Gasteiger partial charge in [0.25, 0.3) is 0 Å². The number of hydrogen-bond donors (Lipinski definition) is 1. The number of fused-ring (bicyclic) bond motifs is 1. The minimum absolute atomic E-state index is 0.0971. The van der Waals surface area contributed by atoms with Crippen molar-refractivity contribution in [2.24, 2.45) is 0 Å². The van der Waals surface area contributed by atoms with Crippen LogP contribution in [0.4, 0.5) is 30.2 Å². The Kier molecular flexibility index (Phi) is 3.08. The Hall–Kier alpha value is -2.17. The van der Waals surface area contributed by atoms with Crippen LogP contribution >= 0.6 is 0 Å². The van der Waals surface area contributed by atoms with E-state index in [1.165, 1.54) is 4.90 Å². The van der Waals surface area contributed by atoms with Crippen molar-refractivity contribution in [3.8, 4) is 0 Å². The quantitative estimate of drug-likeness (QED) is 0.845. The number of nitrogens with one attached hydrogen (secondary N) is 1. The van der Waals surface area contributed by atoms with Gasteiger partial charge >= 0.3 is 6.18 Å². The van der Waals surface area contributed by atoms with Gasteiger partial charge in [-0.15, -0.1) is 0 Å². The molecule has 2 aromatic rings. The summed E-state index contributed by atoms with van der Waals surface area (Å²) in [6.07, 6.45) is -4.50. The van der Waals surface area contributed by atoms with Gasteiger partial charge < -0.3 is 10.2 Å². The van der Waals surface area contributed by atoms with Crippen LogP contribution in [0.3, 0.4) is 0 Å². The molecule has 2 aromatic carbocycles. The third kappa shape index (κ3) is 1.95. The predicted octanol–water partition coefficient (Wildman–Crippen LogP) is 4.92. The number of anilines is 3. The Morgan fingerprint density at radius 1 is 1.00 bits per heavy atom. The topological polar surface area (TPSA) is 15.3 Å². The summed E-state index contributed by atoms with van der Waals surface area (Å²) in [5.41, 5.74) is -0.546. The number of alkyl halides is 3. The molecule has 0 spiro atoms. The van der Waals surface area contributed by atoms with Gasteiger partial charge in [-0.05, 0) is 30.7 Å². The fraction of sp³-hybridized carbons (Fsp3) is 0.250. The summed E-state index contributed by atoms with van der Waals surface area (Å²) in [5, 5.41) is 2.69. The first-order valence-corrected chi connectivity index (χ1v) is 6.79. The lowest BCUT2D eigenvalue weighted by molar-refractivity contribution is -0.176. The second kappa shape index (κ2) is 4.69. The molecule has 0 aliphatic carbocycles. The highest BCUT2D eigenvalue weighted by Gasteiger charge is 2.61. The minimum atomic E-state index is -4.41. The minimum Gasteiger partial charge on any atom is -0.353 e. The van der Waals surface area contributed by atoms with E-state index in [-0.39, 0.29) is 6.42 Å². The number of halogens is 3. The van der Waals surface area contributed by atoms with Gasteiger partial charge in [0.1, 0.15) is 0 Å². The zero-order valence-electron chi connectivity index (χ0n) is 11.5. The maximum Gasteiger partial charge on any atom is 0.430 e. The molecule has 2 nitrogen and oxygen atoms in total. The summed E-state index contributed by atoms with van der Waals surface area (Å²) in [5.74, 6) is 0. The predicted molar refractivity (Wildman–Crippen MR) is 77.7 cm³/mol. The number of benzene rings is 2. The van der Waals surface area contributed by atoms with Crippen molar-refractivity contribution >= 4 is 17.1 Å². The molecule has 1 unspecified atom stereocenters. The molecule has 0 aromatic heterocycles. The summed E-state index contributed by atoms with van der Waals surface area (Å²) in [7, 11) is 0. The van der Waals surface area contributed by atoms with Gasteiger partial charge in [-0.1, -0.05) is 37.3 Å². The van der Waals surface area contributed by atoms with E-state index in [2.05, 4.69) is 5.32 Å². The highest BCUT2D eigenvalue weighted by molar-refractivity contribution is 5.84. The third-order valence-electron chi connectivity index (χ3n) is 3.86. The SMILES string of the molecule is CCC1(C(F)(F)F)Nc2ccccc2N1c1ccccc1. The lowest BCUT2D eigenvalue weighted by atomic mass is 10.0. The number of rotatable bonds is 2. The molecule has 0 bridgehead atoms. The molecule has 0 radical (unpaired) electrons. The molecule has 1 aliphatic heterocycles. The van der Waals surface area contributed by atoms with Crippen molar-refractivity contribution in [1.82, 2.24) is 0 Å². The van der Waals surface area contributed by atoms with Crippen molar-refractivity contribution in [3.05, 3.63) is 54.6 Å². The molecule has 0 saturated carbocycles. The molecule has 0 fully saturated rings. The smallest absolute Gasteiger partial charge is 0.353 e. The molecule has 1 atom stereocenters. The summed E-state index contributed by atoms with van der Waals surface area (Å²) < 4.78 is 41.4. The molecule has 21 heavy (non-hydrogen) atoms. The van der Waals surface area contributed by atoms with E-state index >= 15 is 0 Å². The average Bonchev–Trinajstić information content (AvgIpc) is 2.83. The van der Waals surface area contributed by atoms with Gasteiger partial charge in [0.2, 0.25) is 5.66 Å². The molecule has 1 N–H and O–H groups in total. The zero-order chi connectivity index (χ0) is 15.1. The average molecular weight is 292 g/mol. The van der Waals surface area contributed by atoms with Crippen molar-refractivity contribution in [3.63, 3.8) is 0 Å². The van der Waals surface area contributed by atoms with Crippen LogP contribution in [0.1, 0.15) is 13.3 Å². The second-order valence-electron chi connectivity index (χ2n) is 5.02.